The topological polar surface area (TPSA) is 50.4 Å². The summed E-state index contributed by atoms with van der Waals surface area (Å²) in [4.78, 5) is 12.2. The second-order valence-electron chi connectivity index (χ2n) is 7.27. The van der Waals surface area contributed by atoms with Crippen molar-refractivity contribution in [3.63, 3.8) is 0 Å². The minimum atomic E-state index is 0.107. The maximum atomic E-state index is 12.2. The summed E-state index contributed by atoms with van der Waals surface area (Å²) >= 11 is 0. The summed E-state index contributed by atoms with van der Waals surface area (Å²) in [7, 11) is 0. The van der Waals surface area contributed by atoms with Crippen molar-refractivity contribution in [2.24, 2.45) is 5.92 Å². The smallest absolute Gasteiger partial charge is 0.224 e. The van der Waals surface area contributed by atoms with Crippen molar-refractivity contribution < 1.29 is 9.53 Å². The molecule has 1 aliphatic heterocycles. The number of nitrogens with one attached hydrogen (secondary N) is 2. The van der Waals surface area contributed by atoms with E-state index in [9.17, 15) is 4.79 Å². The van der Waals surface area contributed by atoms with Gasteiger partial charge in [0, 0.05) is 12.1 Å². The van der Waals surface area contributed by atoms with Gasteiger partial charge in [-0.05, 0) is 68.0 Å². The lowest BCUT2D eigenvalue weighted by molar-refractivity contribution is -0.116. The molecule has 0 radical (unpaired) electrons. The number of benzene rings is 2. The Morgan fingerprint density at radius 2 is 1.81 bits per heavy atom. The molecule has 0 atom stereocenters. The van der Waals surface area contributed by atoms with Gasteiger partial charge in [-0.25, -0.2) is 0 Å². The number of ether oxygens (including phenoxy) is 1. The Morgan fingerprint density at radius 3 is 2.63 bits per heavy atom. The quantitative estimate of drug-likeness (QED) is 0.655. The van der Waals surface area contributed by atoms with Gasteiger partial charge in [0.25, 0.3) is 0 Å². The van der Waals surface area contributed by atoms with Gasteiger partial charge in [-0.15, -0.1) is 0 Å². The molecule has 1 heterocycles. The van der Waals surface area contributed by atoms with Crippen LogP contribution in [0.1, 0.15) is 36.8 Å². The Kier molecular flexibility index (Phi) is 7.87. The van der Waals surface area contributed by atoms with E-state index in [1.807, 2.05) is 42.5 Å². The Balaban J connectivity index is 1.38. The minimum absolute atomic E-state index is 0.107. The second-order valence-corrected chi connectivity index (χ2v) is 7.27. The van der Waals surface area contributed by atoms with E-state index in [1.54, 1.807) is 0 Å². The highest BCUT2D eigenvalue weighted by Gasteiger charge is 2.14. The van der Waals surface area contributed by atoms with E-state index in [0.717, 1.165) is 37.2 Å². The van der Waals surface area contributed by atoms with Crippen LogP contribution in [-0.2, 0) is 22.6 Å². The van der Waals surface area contributed by atoms with Crippen molar-refractivity contribution >= 4 is 11.6 Å². The Labute approximate surface area is 162 Å². The highest BCUT2D eigenvalue weighted by molar-refractivity contribution is 5.90. The number of piperidine rings is 1. The van der Waals surface area contributed by atoms with Gasteiger partial charge >= 0.3 is 0 Å². The van der Waals surface area contributed by atoms with Crippen LogP contribution in [0.2, 0.25) is 0 Å². The largest absolute Gasteiger partial charge is 0.376 e. The predicted molar refractivity (Wildman–Crippen MR) is 110 cm³/mol. The zero-order chi connectivity index (χ0) is 18.7. The van der Waals surface area contributed by atoms with Crippen LogP contribution in [0, 0.1) is 5.92 Å². The third-order valence-electron chi connectivity index (χ3n) is 5.10. The lowest BCUT2D eigenvalue weighted by atomic mass is 9.93. The van der Waals surface area contributed by atoms with E-state index in [1.165, 1.54) is 18.4 Å². The fraction of sp³-hybridized carbons (Fsp3) is 0.435. The summed E-state index contributed by atoms with van der Waals surface area (Å²) in [6.45, 7) is 3.42. The molecular weight excluding hydrogens is 336 g/mol. The summed E-state index contributed by atoms with van der Waals surface area (Å²) in [6.07, 6.45) is 4.86. The number of anilines is 1. The van der Waals surface area contributed by atoms with Crippen molar-refractivity contribution in [3.8, 4) is 0 Å². The van der Waals surface area contributed by atoms with E-state index in [4.69, 9.17) is 4.74 Å². The molecule has 0 unspecified atom stereocenters. The van der Waals surface area contributed by atoms with Crippen LogP contribution < -0.4 is 10.6 Å². The Hall–Kier alpha value is -2.17. The number of rotatable bonds is 9. The lowest BCUT2D eigenvalue weighted by Gasteiger charge is -2.22. The zero-order valence-electron chi connectivity index (χ0n) is 16.0. The molecule has 1 aliphatic rings. The zero-order valence-corrected chi connectivity index (χ0v) is 16.0. The molecule has 27 heavy (non-hydrogen) atoms. The molecule has 144 valence electrons. The van der Waals surface area contributed by atoms with Crippen LogP contribution >= 0.6 is 0 Å². The molecule has 3 rings (SSSR count). The Morgan fingerprint density at radius 1 is 1.04 bits per heavy atom. The number of amides is 1. The van der Waals surface area contributed by atoms with E-state index in [0.29, 0.717) is 25.6 Å². The summed E-state index contributed by atoms with van der Waals surface area (Å²) in [5.74, 6) is 0.789. The number of carbonyl (C=O) groups excluding carboxylic acids is 1. The predicted octanol–water partition coefficient (Wildman–Crippen LogP) is 4.16. The van der Waals surface area contributed by atoms with Gasteiger partial charge in [0.15, 0.2) is 0 Å². The van der Waals surface area contributed by atoms with E-state index in [-0.39, 0.29) is 5.91 Å². The summed E-state index contributed by atoms with van der Waals surface area (Å²) < 4.78 is 5.79. The third kappa shape index (κ3) is 7.16. The Bertz CT molecular complexity index is 697. The normalized spacial score (nSPS) is 14.8. The van der Waals surface area contributed by atoms with Gasteiger partial charge in [-0.3, -0.25) is 4.79 Å². The molecular formula is C23H30N2O2. The highest BCUT2D eigenvalue weighted by atomic mass is 16.5. The van der Waals surface area contributed by atoms with Crippen LogP contribution in [0.15, 0.2) is 54.6 Å². The summed E-state index contributed by atoms with van der Waals surface area (Å²) in [5.41, 5.74) is 3.22. The van der Waals surface area contributed by atoms with Gasteiger partial charge in [-0.2, -0.15) is 0 Å². The molecule has 0 bridgehead atoms. The van der Waals surface area contributed by atoms with Crippen LogP contribution in [0.4, 0.5) is 5.69 Å². The van der Waals surface area contributed by atoms with Crippen molar-refractivity contribution in [2.75, 3.05) is 25.0 Å². The van der Waals surface area contributed by atoms with Crippen LogP contribution in [-0.4, -0.2) is 25.6 Å². The first-order chi connectivity index (χ1) is 13.3. The first kappa shape index (κ1) is 19.6. The average Bonchev–Trinajstić information content (AvgIpc) is 2.72. The van der Waals surface area contributed by atoms with E-state index >= 15 is 0 Å². The van der Waals surface area contributed by atoms with Crippen molar-refractivity contribution in [3.05, 3.63) is 65.7 Å². The first-order valence-corrected chi connectivity index (χ1v) is 10.0. The molecule has 2 aromatic rings. The molecule has 4 heteroatoms. The molecule has 1 fully saturated rings. The van der Waals surface area contributed by atoms with Crippen LogP contribution in [0.5, 0.6) is 0 Å². The molecule has 0 aliphatic carbocycles. The van der Waals surface area contributed by atoms with Crippen molar-refractivity contribution in [1.29, 1.82) is 0 Å². The van der Waals surface area contributed by atoms with Crippen LogP contribution in [0.25, 0.3) is 0 Å². The fourth-order valence-corrected chi connectivity index (χ4v) is 3.49. The molecule has 4 nitrogen and oxygen atoms in total. The third-order valence-corrected chi connectivity index (χ3v) is 5.10. The standard InChI is InChI=1S/C23H30N2O2/c26-23(10-9-20-11-14-24-15-12-20)25-22-8-4-7-21(17-22)18-27-16-13-19-5-2-1-3-6-19/h1-8,17,20,24H,9-16,18H2,(H,25,26). The van der Waals surface area contributed by atoms with Gasteiger partial charge in [0.05, 0.1) is 13.2 Å². The molecule has 2 N–H and O–H groups in total. The summed E-state index contributed by atoms with van der Waals surface area (Å²) in [6, 6.07) is 18.3. The minimum Gasteiger partial charge on any atom is -0.376 e. The number of carbonyl (C=O) groups is 1. The van der Waals surface area contributed by atoms with Gasteiger partial charge in [-0.1, -0.05) is 42.5 Å². The molecule has 1 saturated heterocycles. The SMILES string of the molecule is O=C(CCC1CCNCC1)Nc1cccc(COCCc2ccccc2)c1. The molecule has 0 saturated carbocycles. The number of hydrogen-bond acceptors (Lipinski definition) is 3. The average molecular weight is 367 g/mol. The molecule has 0 aromatic heterocycles. The van der Waals surface area contributed by atoms with Gasteiger partial charge in [0.2, 0.25) is 5.91 Å². The molecule has 2 aromatic carbocycles. The maximum absolute atomic E-state index is 12.2. The van der Waals surface area contributed by atoms with Gasteiger partial charge < -0.3 is 15.4 Å². The molecule has 0 spiro atoms. The number of hydrogen-bond donors (Lipinski definition) is 2. The van der Waals surface area contributed by atoms with E-state index < -0.39 is 0 Å². The van der Waals surface area contributed by atoms with E-state index in [2.05, 4.69) is 22.8 Å². The maximum Gasteiger partial charge on any atom is 0.224 e. The summed E-state index contributed by atoms with van der Waals surface area (Å²) in [5, 5.41) is 6.39. The highest BCUT2D eigenvalue weighted by Crippen LogP contribution is 2.19. The monoisotopic (exact) mass is 366 g/mol. The van der Waals surface area contributed by atoms with Crippen molar-refractivity contribution in [1.82, 2.24) is 5.32 Å². The lowest BCUT2D eigenvalue weighted by Crippen LogP contribution is -2.28. The first-order valence-electron chi connectivity index (χ1n) is 10.0. The van der Waals surface area contributed by atoms with Gasteiger partial charge in [0.1, 0.15) is 0 Å². The second kappa shape index (κ2) is 10.9. The van der Waals surface area contributed by atoms with Crippen molar-refractivity contribution in [2.45, 2.75) is 38.7 Å². The fourth-order valence-electron chi connectivity index (χ4n) is 3.49. The molecule has 1 amide bonds. The van der Waals surface area contributed by atoms with Crippen LogP contribution in [0.3, 0.4) is 0 Å².